The lowest BCUT2D eigenvalue weighted by Gasteiger charge is -1.94. The van der Waals surface area contributed by atoms with Crippen molar-refractivity contribution in [2.45, 2.75) is 34.6 Å². The fraction of sp³-hybridized carbons (Fsp3) is 0.357. The van der Waals surface area contributed by atoms with E-state index < -0.39 is 0 Å². The van der Waals surface area contributed by atoms with Crippen molar-refractivity contribution in [1.29, 1.82) is 0 Å². The summed E-state index contributed by atoms with van der Waals surface area (Å²) in [5.74, 6) is 0.676. The van der Waals surface area contributed by atoms with Gasteiger partial charge in [-0.2, -0.15) is 0 Å². The Morgan fingerprint density at radius 2 is 1.50 bits per heavy atom. The Morgan fingerprint density at radius 3 is 1.94 bits per heavy atom. The van der Waals surface area contributed by atoms with Crippen LogP contribution in [-0.4, -0.2) is 4.98 Å². The number of hydrogen-bond donors (Lipinski definition) is 0. The highest BCUT2D eigenvalue weighted by atomic mass is 16.3. The molecule has 0 unspecified atom stereocenters. The maximum absolute atomic E-state index is 5.15. The summed E-state index contributed by atoms with van der Waals surface area (Å²) in [6, 6.07) is 8.08. The third kappa shape index (κ3) is 4.30. The second-order valence-corrected chi connectivity index (χ2v) is 2.70. The van der Waals surface area contributed by atoms with Crippen molar-refractivity contribution in [2.75, 3.05) is 0 Å². The van der Waals surface area contributed by atoms with Crippen LogP contribution in [0.1, 0.15) is 33.3 Å². The van der Waals surface area contributed by atoms with Crippen molar-refractivity contribution in [3.8, 4) is 11.5 Å². The molecule has 0 N–H and O–H groups in total. The van der Waals surface area contributed by atoms with Crippen molar-refractivity contribution in [3.05, 3.63) is 42.3 Å². The first kappa shape index (κ1) is 14.4. The lowest BCUT2D eigenvalue weighted by atomic mass is 10.1. The highest BCUT2D eigenvalue weighted by molar-refractivity contribution is 5.52. The number of aryl methyl sites for hydroxylation is 1. The molecule has 0 fully saturated rings. The van der Waals surface area contributed by atoms with E-state index in [4.69, 9.17) is 4.42 Å². The summed E-state index contributed by atoms with van der Waals surface area (Å²) in [4.78, 5) is 4.05. The molecule has 2 nitrogen and oxygen atoms in total. The molecule has 1 aromatic heterocycles. The fourth-order valence-corrected chi connectivity index (χ4v) is 1.06. The molecule has 0 spiro atoms. The summed E-state index contributed by atoms with van der Waals surface area (Å²) in [7, 11) is 0. The molecule has 0 aliphatic rings. The molecule has 2 rings (SSSR count). The maximum atomic E-state index is 5.15. The molecule has 0 atom stereocenters. The van der Waals surface area contributed by atoms with Gasteiger partial charge in [0.05, 0.1) is 6.20 Å². The predicted molar refractivity (Wildman–Crippen MR) is 69.4 cm³/mol. The molecule has 16 heavy (non-hydrogen) atoms. The second-order valence-electron chi connectivity index (χ2n) is 2.70. The van der Waals surface area contributed by atoms with Crippen molar-refractivity contribution in [1.82, 2.24) is 4.98 Å². The Balaban J connectivity index is 0.000000509. The van der Waals surface area contributed by atoms with Gasteiger partial charge in [-0.15, -0.1) is 0 Å². The van der Waals surface area contributed by atoms with E-state index in [0.717, 1.165) is 5.56 Å². The zero-order valence-corrected chi connectivity index (χ0v) is 10.8. The molecule has 2 heteroatoms. The van der Waals surface area contributed by atoms with E-state index in [1.165, 1.54) is 5.56 Å². The lowest BCUT2D eigenvalue weighted by molar-refractivity contribution is 0.574. The van der Waals surface area contributed by atoms with Gasteiger partial charge in [-0.1, -0.05) is 45.4 Å². The van der Waals surface area contributed by atoms with Crippen molar-refractivity contribution < 1.29 is 4.42 Å². The van der Waals surface area contributed by atoms with Gasteiger partial charge < -0.3 is 4.42 Å². The summed E-state index contributed by atoms with van der Waals surface area (Å²) in [5.41, 5.74) is 2.26. The molecule has 2 aromatic rings. The SMILES string of the molecule is CC.CC.Cc1ccc(-c2ncco2)cc1. The topological polar surface area (TPSA) is 26.0 Å². The fourth-order valence-electron chi connectivity index (χ4n) is 1.06. The van der Waals surface area contributed by atoms with Crippen molar-refractivity contribution >= 4 is 0 Å². The lowest BCUT2D eigenvalue weighted by Crippen LogP contribution is -1.76. The monoisotopic (exact) mass is 219 g/mol. The van der Waals surface area contributed by atoms with Crippen molar-refractivity contribution in [2.24, 2.45) is 0 Å². The van der Waals surface area contributed by atoms with Crippen LogP contribution < -0.4 is 0 Å². The van der Waals surface area contributed by atoms with Crippen LogP contribution in [0.2, 0.25) is 0 Å². The smallest absolute Gasteiger partial charge is 0.225 e. The molecule has 0 saturated heterocycles. The van der Waals surface area contributed by atoms with E-state index in [1.54, 1.807) is 12.5 Å². The molecular formula is C14H21NO. The molecule has 0 aliphatic heterocycles. The summed E-state index contributed by atoms with van der Waals surface area (Å²) in [6.07, 6.45) is 3.23. The van der Waals surface area contributed by atoms with Crippen LogP contribution in [-0.2, 0) is 0 Å². The number of aromatic nitrogens is 1. The number of benzene rings is 1. The molecule has 0 bridgehead atoms. The molecule has 88 valence electrons. The van der Waals surface area contributed by atoms with Gasteiger partial charge in [-0.05, 0) is 19.1 Å². The third-order valence-corrected chi connectivity index (χ3v) is 1.73. The summed E-state index contributed by atoms with van der Waals surface area (Å²) >= 11 is 0. The third-order valence-electron chi connectivity index (χ3n) is 1.73. The first-order valence-corrected chi connectivity index (χ1v) is 5.83. The summed E-state index contributed by atoms with van der Waals surface area (Å²) in [5, 5.41) is 0. The Labute approximate surface area is 98.3 Å². The molecular weight excluding hydrogens is 198 g/mol. The molecule has 0 amide bonds. The average molecular weight is 219 g/mol. The predicted octanol–water partition coefficient (Wildman–Crippen LogP) is 4.70. The summed E-state index contributed by atoms with van der Waals surface area (Å²) in [6.45, 7) is 10.1. The van der Waals surface area contributed by atoms with Gasteiger partial charge in [0.1, 0.15) is 6.26 Å². The Morgan fingerprint density at radius 1 is 0.938 bits per heavy atom. The minimum absolute atomic E-state index is 0.676. The number of nitrogens with zero attached hydrogens (tertiary/aromatic N) is 1. The molecule has 0 saturated carbocycles. The van der Waals surface area contributed by atoms with E-state index in [1.807, 2.05) is 52.0 Å². The van der Waals surface area contributed by atoms with Gasteiger partial charge in [-0.3, -0.25) is 0 Å². The molecule has 1 aromatic carbocycles. The first-order valence-electron chi connectivity index (χ1n) is 5.83. The Bertz CT molecular complexity index is 349. The highest BCUT2D eigenvalue weighted by Crippen LogP contribution is 2.16. The van der Waals surface area contributed by atoms with E-state index in [-0.39, 0.29) is 0 Å². The van der Waals surface area contributed by atoms with E-state index in [2.05, 4.69) is 11.9 Å². The van der Waals surface area contributed by atoms with Crippen LogP contribution in [0.4, 0.5) is 0 Å². The first-order chi connectivity index (χ1) is 7.86. The quantitative estimate of drug-likeness (QED) is 0.694. The van der Waals surface area contributed by atoms with E-state index in [9.17, 15) is 0 Å². The van der Waals surface area contributed by atoms with Gasteiger partial charge in [0.2, 0.25) is 5.89 Å². The molecule has 0 radical (unpaired) electrons. The molecule has 1 heterocycles. The maximum Gasteiger partial charge on any atom is 0.225 e. The molecule has 0 aliphatic carbocycles. The number of rotatable bonds is 1. The normalized spacial score (nSPS) is 8.31. The minimum Gasteiger partial charge on any atom is -0.445 e. The van der Waals surface area contributed by atoms with Gasteiger partial charge in [0.15, 0.2) is 0 Å². The second kappa shape index (κ2) is 8.72. The van der Waals surface area contributed by atoms with E-state index >= 15 is 0 Å². The average Bonchev–Trinajstić information content (AvgIpc) is 2.89. The Kier molecular flexibility index (Phi) is 7.86. The zero-order valence-electron chi connectivity index (χ0n) is 10.8. The highest BCUT2D eigenvalue weighted by Gasteiger charge is 1.99. The largest absolute Gasteiger partial charge is 0.445 e. The number of oxazole rings is 1. The van der Waals surface area contributed by atoms with Crippen LogP contribution in [0.15, 0.2) is 41.1 Å². The Hall–Kier alpha value is -1.57. The van der Waals surface area contributed by atoms with Crippen molar-refractivity contribution in [3.63, 3.8) is 0 Å². The van der Waals surface area contributed by atoms with Crippen LogP contribution >= 0.6 is 0 Å². The van der Waals surface area contributed by atoms with Gasteiger partial charge >= 0.3 is 0 Å². The minimum atomic E-state index is 0.676. The van der Waals surface area contributed by atoms with E-state index in [0.29, 0.717) is 5.89 Å². The standard InChI is InChI=1S/C10H9NO.2C2H6/c1-8-2-4-9(5-3-8)10-11-6-7-12-10;2*1-2/h2-7H,1H3;2*1-2H3. The van der Waals surface area contributed by atoms with Crippen LogP contribution in [0.25, 0.3) is 11.5 Å². The van der Waals surface area contributed by atoms with Crippen LogP contribution in [0.5, 0.6) is 0 Å². The van der Waals surface area contributed by atoms with Gasteiger partial charge in [0.25, 0.3) is 0 Å². The van der Waals surface area contributed by atoms with Gasteiger partial charge in [-0.25, -0.2) is 4.98 Å². The number of hydrogen-bond acceptors (Lipinski definition) is 2. The van der Waals surface area contributed by atoms with Crippen LogP contribution in [0.3, 0.4) is 0 Å². The summed E-state index contributed by atoms with van der Waals surface area (Å²) < 4.78 is 5.15. The van der Waals surface area contributed by atoms with Gasteiger partial charge in [0, 0.05) is 5.56 Å². The van der Waals surface area contributed by atoms with Crippen LogP contribution in [0, 0.1) is 6.92 Å². The zero-order chi connectivity index (χ0) is 12.4.